The first-order valence-electron chi connectivity index (χ1n) is 9.11. The van der Waals surface area contributed by atoms with E-state index >= 15 is 0 Å². The molecule has 2 fully saturated rings. The van der Waals surface area contributed by atoms with Crippen LogP contribution >= 0.6 is 23.2 Å². The van der Waals surface area contributed by atoms with Crippen LogP contribution in [-0.2, 0) is 13.0 Å². The fraction of sp³-hybridized carbons (Fsp3) is 0.429. The maximum absolute atomic E-state index is 6.23. The van der Waals surface area contributed by atoms with E-state index in [-0.39, 0.29) is 0 Å². The van der Waals surface area contributed by atoms with E-state index in [9.17, 15) is 0 Å². The van der Waals surface area contributed by atoms with Crippen molar-refractivity contribution in [3.63, 3.8) is 0 Å². The number of hydrogen-bond donors (Lipinski definition) is 0. The summed E-state index contributed by atoms with van der Waals surface area (Å²) in [6.07, 6.45) is 3.86. The predicted molar refractivity (Wildman–Crippen MR) is 101 cm³/mol. The lowest BCUT2D eigenvalue weighted by molar-refractivity contribution is 0.220. The summed E-state index contributed by atoms with van der Waals surface area (Å²) in [5.41, 5.74) is 3.79. The molecule has 4 heteroatoms. The van der Waals surface area contributed by atoms with Crippen molar-refractivity contribution in [2.24, 2.45) is 11.8 Å². The Morgan fingerprint density at radius 1 is 1.04 bits per heavy atom. The summed E-state index contributed by atoms with van der Waals surface area (Å²) >= 11 is 12.5. The topological polar surface area (TPSA) is 12.5 Å². The van der Waals surface area contributed by atoms with Crippen LogP contribution in [0.1, 0.15) is 35.6 Å². The monoisotopic (exact) mass is 373 g/mol. The number of nitrogens with zero attached hydrogens (tertiary/aromatic N) is 1. The summed E-state index contributed by atoms with van der Waals surface area (Å²) in [4.78, 5) is 2.70. The lowest BCUT2D eigenvalue weighted by atomic mass is 10.1. The standard InChI is InChI=1S/C21H21Cl2NO/c22-19-2-1-3-20(23)18(19)12-25-16-5-6-17-13(9-16)4-7-21(17)24-10-14-8-15(14)11-24/h1-3,5-6,9,14-15,21H,4,7-8,10-12H2. The Hall–Kier alpha value is -1.22. The summed E-state index contributed by atoms with van der Waals surface area (Å²) in [6, 6.07) is 12.7. The van der Waals surface area contributed by atoms with Gasteiger partial charge in [-0.2, -0.15) is 0 Å². The molecule has 2 aromatic rings. The van der Waals surface area contributed by atoms with Crippen molar-refractivity contribution < 1.29 is 4.74 Å². The molecule has 0 spiro atoms. The second-order valence-electron chi connectivity index (χ2n) is 7.61. The molecule has 2 aromatic carbocycles. The molecule has 2 nitrogen and oxygen atoms in total. The highest BCUT2D eigenvalue weighted by atomic mass is 35.5. The highest BCUT2D eigenvalue weighted by molar-refractivity contribution is 6.35. The van der Waals surface area contributed by atoms with Crippen LogP contribution < -0.4 is 4.74 Å². The zero-order chi connectivity index (χ0) is 17.0. The number of fused-ring (bicyclic) bond motifs is 2. The predicted octanol–water partition coefficient (Wildman–Crippen LogP) is 5.51. The number of hydrogen-bond acceptors (Lipinski definition) is 2. The number of halogens is 2. The smallest absolute Gasteiger partial charge is 0.120 e. The molecule has 130 valence electrons. The zero-order valence-electron chi connectivity index (χ0n) is 14.1. The van der Waals surface area contributed by atoms with Crippen LogP contribution in [0, 0.1) is 11.8 Å². The van der Waals surface area contributed by atoms with Crippen LogP contribution in [0.3, 0.4) is 0 Å². The minimum atomic E-state index is 0.399. The third kappa shape index (κ3) is 2.95. The van der Waals surface area contributed by atoms with Gasteiger partial charge in [0, 0.05) is 34.7 Å². The summed E-state index contributed by atoms with van der Waals surface area (Å²) in [6.45, 7) is 3.01. The Labute approximate surface area is 158 Å². The van der Waals surface area contributed by atoms with Crippen LogP contribution in [0.15, 0.2) is 36.4 Å². The van der Waals surface area contributed by atoms with Crippen LogP contribution in [-0.4, -0.2) is 18.0 Å². The normalized spacial score (nSPS) is 27.2. The summed E-state index contributed by atoms with van der Waals surface area (Å²) in [7, 11) is 0. The highest BCUT2D eigenvalue weighted by Gasteiger charge is 2.47. The minimum Gasteiger partial charge on any atom is -0.489 e. The Morgan fingerprint density at radius 3 is 2.56 bits per heavy atom. The van der Waals surface area contributed by atoms with E-state index in [2.05, 4.69) is 23.1 Å². The van der Waals surface area contributed by atoms with Crippen molar-refractivity contribution in [3.8, 4) is 5.75 Å². The molecule has 0 bridgehead atoms. The Balaban J connectivity index is 1.30. The van der Waals surface area contributed by atoms with E-state index in [1.807, 2.05) is 18.2 Å². The lowest BCUT2D eigenvalue weighted by Crippen LogP contribution is -2.26. The summed E-state index contributed by atoms with van der Waals surface area (Å²) < 4.78 is 5.98. The number of likely N-dealkylation sites (tertiary alicyclic amines) is 1. The third-order valence-electron chi connectivity index (χ3n) is 6.05. The number of ether oxygens (including phenoxy) is 1. The quantitative estimate of drug-likeness (QED) is 0.700. The lowest BCUT2D eigenvalue weighted by Gasteiger charge is -2.26. The maximum Gasteiger partial charge on any atom is 0.120 e. The Kier molecular flexibility index (Phi) is 3.96. The van der Waals surface area contributed by atoms with Gasteiger partial charge in [0.05, 0.1) is 0 Å². The Bertz CT molecular complexity index is 791. The van der Waals surface area contributed by atoms with Crippen LogP contribution in [0.25, 0.3) is 0 Å². The van der Waals surface area contributed by atoms with E-state index in [1.165, 1.54) is 37.1 Å². The molecule has 3 aliphatic rings. The van der Waals surface area contributed by atoms with Gasteiger partial charge in [0.2, 0.25) is 0 Å². The van der Waals surface area contributed by atoms with Crippen LogP contribution in [0.5, 0.6) is 5.75 Å². The second kappa shape index (κ2) is 6.19. The molecular formula is C21H21Cl2NO. The van der Waals surface area contributed by atoms with Gasteiger partial charge in [-0.3, -0.25) is 4.90 Å². The van der Waals surface area contributed by atoms with Crippen molar-refractivity contribution in [2.75, 3.05) is 13.1 Å². The molecule has 0 radical (unpaired) electrons. The van der Waals surface area contributed by atoms with E-state index < -0.39 is 0 Å². The van der Waals surface area contributed by atoms with E-state index in [4.69, 9.17) is 27.9 Å². The summed E-state index contributed by atoms with van der Waals surface area (Å²) in [5, 5.41) is 1.31. The van der Waals surface area contributed by atoms with Gasteiger partial charge in [0.15, 0.2) is 0 Å². The van der Waals surface area contributed by atoms with Crippen molar-refractivity contribution >= 4 is 23.2 Å². The average molecular weight is 374 g/mol. The van der Waals surface area contributed by atoms with E-state index in [0.29, 0.717) is 22.7 Å². The van der Waals surface area contributed by atoms with Gasteiger partial charge in [-0.25, -0.2) is 0 Å². The van der Waals surface area contributed by atoms with Crippen LogP contribution in [0.2, 0.25) is 10.0 Å². The molecule has 5 rings (SSSR count). The average Bonchev–Trinajstić information content (AvgIpc) is 3.03. The fourth-order valence-electron chi connectivity index (χ4n) is 4.56. The van der Waals surface area contributed by atoms with Gasteiger partial charge in [0.25, 0.3) is 0 Å². The van der Waals surface area contributed by atoms with Gasteiger partial charge < -0.3 is 4.74 Å². The van der Waals surface area contributed by atoms with Crippen molar-refractivity contribution in [1.82, 2.24) is 4.90 Å². The van der Waals surface area contributed by atoms with Gasteiger partial charge in [-0.05, 0) is 66.5 Å². The third-order valence-corrected chi connectivity index (χ3v) is 6.76. The van der Waals surface area contributed by atoms with E-state index in [0.717, 1.165) is 29.6 Å². The first-order valence-corrected chi connectivity index (χ1v) is 9.87. The molecule has 2 aliphatic carbocycles. The molecule has 3 unspecified atom stereocenters. The number of rotatable bonds is 4. The highest BCUT2D eigenvalue weighted by Crippen LogP contribution is 2.49. The zero-order valence-corrected chi connectivity index (χ0v) is 15.6. The molecule has 1 heterocycles. The molecule has 0 N–H and O–H groups in total. The molecule has 1 saturated carbocycles. The molecular weight excluding hydrogens is 353 g/mol. The second-order valence-corrected chi connectivity index (χ2v) is 8.43. The molecule has 0 amide bonds. The van der Waals surface area contributed by atoms with Gasteiger partial charge in [-0.15, -0.1) is 0 Å². The minimum absolute atomic E-state index is 0.399. The largest absolute Gasteiger partial charge is 0.489 e. The molecule has 3 atom stereocenters. The van der Waals surface area contributed by atoms with Crippen molar-refractivity contribution in [2.45, 2.75) is 31.9 Å². The van der Waals surface area contributed by atoms with Crippen LogP contribution in [0.4, 0.5) is 0 Å². The molecule has 0 aromatic heterocycles. The number of aryl methyl sites for hydroxylation is 1. The summed E-state index contributed by atoms with van der Waals surface area (Å²) in [5.74, 6) is 2.89. The van der Waals surface area contributed by atoms with Crippen molar-refractivity contribution in [3.05, 3.63) is 63.1 Å². The first kappa shape index (κ1) is 16.0. The first-order chi connectivity index (χ1) is 12.2. The fourth-order valence-corrected chi connectivity index (χ4v) is 5.06. The van der Waals surface area contributed by atoms with E-state index in [1.54, 1.807) is 0 Å². The van der Waals surface area contributed by atoms with Gasteiger partial charge in [-0.1, -0.05) is 35.3 Å². The SMILES string of the molecule is Clc1cccc(Cl)c1COc1ccc2c(c1)CCC2N1CC2CC2C1. The van der Waals surface area contributed by atoms with Crippen molar-refractivity contribution in [1.29, 1.82) is 0 Å². The Morgan fingerprint density at radius 2 is 1.80 bits per heavy atom. The maximum atomic E-state index is 6.23. The van der Waals surface area contributed by atoms with Gasteiger partial charge >= 0.3 is 0 Å². The molecule has 1 aliphatic heterocycles. The van der Waals surface area contributed by atoms with Gasteiger partial charge in [0.1, 0.15) is 12.4 Å². The molecule has 1 saturated heterocycles. The number of benzene rings is 2. The molecule has 25 heavy (non-hydrogen) atoms. The number of piperidine rings is 1.